The van der Waals surface area contributed by atoms with E-state index in [1.165, 1.54) is 18.2 Å². The molecule has 1 N–H and O–H groups in total. The van der Waals surface area contributed by atoms with Crippen LogP contribution in [-0.4, -0.2) is 36.5 Å². The molecule has 226 valence electrons. The Morgan fingerprint density at radius 3 is 2.32 bits per heavy atom. The highest BCUT2D eigenvalue weighted by Gasteiger charge is 2.40. The fourth-order valence-corrected chi connectivity index (χ4v) is 6.31. The Hall–Kier alpha value is -4.58. The highest BCUT2D eigenvalue weighted by Crippen LogP contribution is 2.48. The van der Waals surface area contributed by atoms with E-state index in [4.69, 9.17) is 19.2 Å². The van der Waals surface area contributed by atoms with Gasteiger partial charge in [-0.3, -0.25) is 4.99 Å². The molecule has 0 fully saturated rings. The molecular weight excluding hydrogens is 548 g/mol. The number of methoxy groups -OCH3 is 1. The first-order valence-electron chi connectivity index (χ1n) is 15.3. The summed E-state index contributed by atoms with van der Waals surface area (Å²) in [5.41, 5.74) is 9.26. The number of nitrogens with zero attached hydrogens (tertiary/aromatic N) is 1. The lowest BCUT2D eigenvalue weighted by molar-refractivity contribution is 0.0601. The number of benzene rings is 4. The molecule has 4 aromatic carbocycles. The molecule has 6 nitrogen and oxygen atoms in total. The second-order valence-electron chi connectivity index (χ2n) is 12.8. The summed E-state index contributed by atoms with van der Waals surface area (Å²) in [7, 11) is 1.41. The van der Waals surface area contributed by atoms with Crippen LogP contribution in [-0.2, 0) is 24.1 Å². The van der Waals surface area contributed by atoms with Crippen LogP contribution in [0.4, 0.5) is 5.69 Å². The maximum atomic E-state index is 12.8. The fraction of sp³-hybridized carbons (Fsp3) is 0.316. The molecule has 2 heterocycles. The van der Waals surface area contributed by atoms with E-state index >= 15 is 0 Å². The fourth-order valence-electron chi connectivity index (χ4n) is 6.31. The Bertz CT molecular complexity index is 1740. The highest BCUT2D eigenvalue weighted by molar-refractivity contribution is 6.17. The van der Waals surface area contributed by atoms with Gasteiger partial charge in [-0.25, -0.2) is 4.79 Å². The van der Waals surface area contributed by atoms with Gasteiger partial charge < -0.3 is 19.5 Å². The lowest BCUT2D eigenvalue weighted by Crippen LogP contribution is -2.30. The molecule has 44 heavy (non-hydrogen) atoms. The van der Waals surface area contributed by atoms with Crippen LogP contribution in [0.25, 0.3) is 11.1 Å². The Morgan fingerprint density at radius 1 is 0.909 bits per heavy atom. The molecule has 0 atom stereocenters. The van der Waals surface area contributed by atoms with Crippen molar-refractivity contribution in [3.8, 4) is 22.6 Å². The first-order chi connectivity index (χ1) is 21.1. The molecule has 2 aliphatic rings. The van der Waals surface area contributed by atoms with Gasteiger partial charge >= 0.3 is 5.97 Å². The number of carbonyl (C=O) groups is 1. The van der Waals surface area contributed by atoms with E-state index in [1.807, 2.05) is 43.3 Å². The SMILES string of the molecule is CCOc1cc2c(c3c1OC(C)(C)C3)C(c1ccc(C(=O)OC)c(NCc3ccc(-c4ccccc4)cc3)c1)=NC(C)(C)C2. The number of hydrogen-bond acceptors (Lipinski definition) is 6. The van der Waals surface area contributed by atoms with Gasteiger partial charge in [0.15, 0.2) is 11.5 Å². The summed E-state index contributed by atoms with van der Waals surface area (Å²) in [6, 6.07) is 26.8. The molecule has 0 saturated heterocycles. The monoisotopic (exact) mass is 588 g/mol. The third kappa shape index (κ3) is 5.81. The minimum absolute atomic E-state index is 0.315. The Morgan fingerprint density at radius 2 is 1.61 bits per heavy atom. The molecule has 2 aliphatic heterocycles. The topological polar surface area (TPSA) is 69.2 Å². The molecule has 0 spiro atoms. The molecular formula is C38H40N2O4. The molecule has 0 radical (unpaired) electrons. The lowest BCUT2D eigenvalue weighted by Gasteiger charge is -2.31. The van der Waals surface area contributed by atoms with Crippen LogP contribution in [0.2, 0.25) is 0 Å². The molecule has 0 saturated carbocycles. The number of ether oxygens (including phenoxy) is 3. The van der Waals surface area contributed by atoms with Crippen molar-refractivity contribution in [2.24, 2.45) is 4.99 Å². The van der Waals surface area contributed by atoms with Crippen molar-refractivity contribution in [1.29, 1.82) is 0 Å². The minimum atomic E-state index is -0.387. The number of esters is 1. The number of fused-ring (bicyclic) bond motifs is 3. The Balaban J connectivity index is 1.38. The number of carbonyl (C=O) groups excluding carboxylic acids is 1. The van der Waals surface area contributed by atoms with Crippen LogP contribution in [0.3, 0.4) is 0 Å². The van der Waals surface area contributed by atoms with Gasteiger partial charge in [0.1, 0.15) is 5.60 Å². The van der Waals surface area contributed by atoms with Crippen molar-refractivity contribution in [3.05, 3.63) is 112 Å². The molecule has 0 amide bonds. The van der Waals surface area contributed by atoms with E-state index in [2.05, 4.69) is 75.5 Å². The van der Waals surface area contributed by atoms with Gasteiger partial charge in [-0.05, 0) is 81.5 Å². The van der Waals surface area contributed by atoms with Crippen LogP contribution in [0.1, 0.15) is 72.8 Å². The zero-order valence-corrected chi connectivity index (χ0v) is 26.4. The maximum absolute atomic E-state index is 12.8. The summed E-state index contributed by atoms with van der Waals surface area (Å²) in [5.74, 6) is 1.22. The van der Waals surface area contributed by atoms with Gasteiger partial charge in [0.2, 0.25) is 0 Å². The van der Waals surface area contributed by atoms with Gasteiger partial charge in [0, 0.05) is 35.3 Å². The summed E-state index contributed by atoms with van der Waals surface area (Å²) in [5, 5.41) is 3.52. The molecule has 6 rings (SSSR count). The number of hydrogen-bond donors (Lipinski definition) is 1. The molecule has 6 heteroatoms. The average Bonchev–Trinajstić information content (AvgIpc) is 3.34. The predicted molar refractivity (Wildman–Crippen MR) is 176 cm³/mol. The third-order valence-corrected chi connectivity index (χ3v) is 8.22. The standard InChI is InChI=1S/C38H40N2O4/c1-7-43-32-20-28-21-37(2,3)40-34(33(28)30-22-38(4,5)44-35(30)32)27-17-18-29(36(41)42-6)31(19-27)39-23-24-13-15-26(16-14-24)25-11-9-8-10-12-25/h8-20,39H,7,21-23H2,1-6H3. The summed E-state index contributed by atoms with van der Waals surface area (Å²) in [6.07, 6.45) is 1.55. The van der Waals surface area contributed by atoms with Gasteiger partial charge in [-0.1, -0.05) is 60.7 Å². The zero-order chi connectivity index (χ0) is 31.1. The van der Waals surface area contributed by atoms with Crippen LogP contribution < -0.4 is 14.8 Å². The Labute approximate surface area is 260 Å². The van der Waals surface area contributed by atoms with Crippen LogP contribution in [0, 0.1) is 0 Å². The van der Waals surface area contributed by atoms with E-state index < -0.39 is 0 Å². The van der Waals surface area contributed by atoms with Crippen molar-refractivity contribution in [2.75, 3.05) is 19.0 Å². The number of nitrogens with one attached hydrogen (secondary N) is 1. The van der Waals surface area contributed by atoms with Gasteiger partial charge in [-0.15, -0.1) is 0 Å². The van der Waals surface area contributed by atoms with E-state index in [0.29, 0.717) is 24.4 Å². The van der Waals surface area contributed by atoms with Crippen LogP contribution in [0.5, 0.6) is 11.5 Å². The third-order valence-electron chi connectivity index (χ3n) is 8.22. The van der Waals surface area contributed by atoms with Gasteiger partial charge in [-0.2, -0.15) is 0 Å². The van der Waals surface area contributed by atoms with Crippen molar-refractivity contribution in [3.63, 3.8) is 0 Å². The predicted octanol–water partition coefficient (Wildman–Crippen LogP) is 8.04. The van der Waals surface area contributed by atoms with Crippen molar-refractivity contribution < 1.29 is 19.0 Å². The van der Waals surface area contributed by atoms with Crippen LogP contribution in [0.15, 0.2) is 83.9 Å². The zero-order valence-electron chi connectivity index (χ0n) is 26.4. The molecule has 0 aliphatic carbocycles. The normalized spacial score (nSPS) is 15.8. The van der Waals surface area contributed by atoms with Crippen molar-refractivity contribution >= 4 is 17.4 Å². The number of aliphatic imine (C=N–C) groups is 1. The minimum Gasteiger partial charge on any atom is -0.490 e. The van der Waals surface area contributed by atoms with Crippen molar-refractivity contribution in [1.82, 2.24) is 0 Å². The Kier molecular flexibility index (Phi) is 7.70. The summed E-state index contributed by atoms with van der Waals surface area (Å²) < 4.78 is 17.7. The largest absolute Gasteiger partial charge is 0.490 e. The highest BCUT2D eigenvalue weighted by atomic mass is 16.5. The van der Waals surface area contributed by atoms with E-state index in [9.17, 15) is 4.79 Å². The molecule has 0 unspecified atom stereocenters. The summed E-state index contributed by atoms with van der Waals surface area (Å²) >= 11 is 0. The molecule has 0 bridgehead atoms. The maximum Gasteiger partial charge on any atom is 0.339 e. The molecule has 0 aromatic heterocycles. The first kappa shape index (κ1) is 29.5. The quantitative estimate of drug-likeness (QED) is 0.211. The van der Waals surface area contributed by atoms with E-state index in [1.54, 1.807) is 0 Å². The average molecular weight is 589 g/mol. The van der Waals surface area contributed by atoms with E-state index in [-0.39, 0.29) is 17.1 Å². The second-order valence-corrected chi connectivity index (χ2v) is 12.8. The van der Waals surface area contributed by atoms with Crippen LogP contribution >= 0.6 is 0 Å². The summed E-state index contributed by atoms with van der Waals surface area (Å²) in [6.45, 7) is 11.6. The van der Waals surface area contributed by atoms with Gasteiger partial charge in [0.05, 0.1) is 30.5 Å². The van der Waals surface area contributed by atoms with E-state index in [0.717, 1.165) is 57.9 Å². The lowest BCUT2D eigenvalue weighted by atomic mass is 9.80. The van der Waals surface area contributed by atoms with Crippen molar-refractivity contribution in [2.45, 2.75) is 65.1 Å². The summed E-state index contributed by atoms with van der Waals surface area (Å²) in [4.78, 5) is 18.1. The number of anilines is 1. The first-order valence-corrected chi connectivity index (χ1v) is 15.3. The smallest absolute Gasteiger partial charge is 0.339 e. The second kappa shape index (κ2) is 11.5. The van der Waals surface area contributed by atoms with Gasteiger partial charge in [0.25, 0.3) is 0 Å². The molecule has 4 aromatic rings. The number of rotatable bonds is 8.